The van der Waals surface area contributed by atoms with Crippen molar-refractivity contribution in [3.63, 3.8) is 0 Å². The van der Waals surface area contributed by atoms with Crippen LogP contribution < -0.4 is 5.32 Å². The minimum atomic E-state index is -0.855. The van der Waals surface area contributed by atoms with Gasteiger partial charge in [0.25, 0.3) is 0 Å². The maximum Gasteiger partial charge on any atom is 0.304 e. The van der Waals surface area contributed by atoms with Gasteiger partial charge >= 0.3 is 5.69 Å². The number of aryl methyl sites for hydroxylation is 1. The van der Waals surface area contributed by atoms with E-state index in [-0.39, 0.29) is 0 Å². The van der Waals surface area contributed by atoms with Crippen molar-refractivity contribution in [2.45, 2.75) is 13.5 Å². The smallest absolute Gasteiger partial charge is 0.304 e. The Morgan fingerprint density at radius 3 is 2.74 bits per heavy atom. The fourth-order valence-corrected chi connectivity index (χ4v) is 1.56. The monoisotopic (exact) mass is 261 g/mol. The van der Waals surface area contributed by atoms with Crippen molar-refractivity contribution >= 4 is 11.4 Å². The van der Waals surface area contributed by atoms with Gasteiger partial charge in [0.1, 0.15) is 0 Å². The Morgan fingerprint density at radius 2 is 2.16 bits per heavy atom. The normalized spacial score (nSPS) is 10.2. The third-order valence-electron chi connectivity index (χ3n) is 2.59. The molecule has 0 saturated heterocycles. The van der Waals surface area contributed by atoms with E-state index >= 15 is 0 Å². The standard InChI is InChI=1S/C13H12FN3O2/c1-9-2-3-11(15-7-9)8-16-10-4-5-13(17(18)19)12(14)6-10/h2-7,16H,8H2,1H3. The molecule has 0 amide bonds. The molecule has 0 aliphatic carbocycles. The van der Waals surface area contributed by atoms with Crippen molar-refractivity contribution in [3.05, 3.63) is 63.7 Å². The number of hydrogen-bond acceptors (Lipinski definition) is 4. The molecule has 98 valence electrons. The molecule has 5 nitrogen and oxygen atoms in total. The predicted octanol–water partition coefficient (Wildman–Crippen LogP) is 3.05. The lowest BCUT2D eigenvalue weighted by Gasteiger charge is -2.06. The lowest BCUT2D eigenvalue weighted by molar-refractivity contribution is -0.387. The molecule has 19 heavy (non-hydrogen) atoms. The summed E-state index contributed by atoms with van der Waals surface area (Å²) >= 11 is 0. The summed E-state index contributed by atoms with van der Waals surface area (Å²) in [6, 6.07) is 7.51. The van der Waals surface area contributed by atoms with Crippen molar-refractivity contribution in [1.82, 2.24) is 4.98 Å². The first-order valence-electron chi connectivity index (χ1n) is 5.65. The van der Waals surface area contributed by atoms with Crippen LogP contribution in [0.25, 0.3) is 0 Å². The van der Waals surface area contributed by atoms with Gasteiger partial charge in [-0.25, -0.2) is 0 Å². The lowest BCUT2D eigenvalue weighted by Crippen LogP contribution is -2.02. The summed E-state index contributed by atoms with van der Waals surface area (Å²) in [6.07, 6.45) is 1.74. The summed E-state index contributed by atoms with van der Waals surface area (Å²) in [5.41, 5.74) is 1.82. The van der Waals surface area contributed by atoms with Crippen LogP contribution in [0.15, 0.2) is 36.5 Å². The maximum atomic E-state index is 13.4. The van der Waals surface area contributed by atoms with Gasteiger partial charge in [-0.2, -0.15) is 4.39 Å². The number of halogens is 1. The Balaban J connectivity index is 2.06. The quantitative estimate of drug-likeness (QED) is 0.678. The van der Waals surface area contributed by atoms with Crippen LogP contribution in [0.4, 0.5) is 15.8 Å². The highest BCUT2D eigenvalue weighted by atomic mass is 19.1. The predicted molar refractivity (Wildman–Crippen MR) is 69.4 cm³/mol. The Labute approximate surface area is 109 Å². The topological polar surface area (TPSA) is 68.1 Å². The van der Waals surface area contributed by atoms with Crippen LogP contribution >= 0.6 is 0 Å². The Morgan fingerprint density at radius 1 is 1.37 bits per heavy atom. The van der Waals surface area contributed by atoms with E-state index in [9.17, 15) is 14.5 Å². The number of rotatable bonds is 4. The summed E-state index contributed by atoms with van der Waals surface area (Å²) in [5, 5.41) is 13.4. The van der Waals surface area contributed by atoms with Gasteiger partial charge < -0.3 is 5.32 Å². The number of nitro groups is 1. The first-order valence-corrected chi connectivity index (χ1v) is 5.65. The summed E-state index contributed by atoms with van der Waals surface area (Å²) < 4.78 is 13.4. The van der Waals surface area contributed by atoms with Gasteiger partial charge in [0.2, 0.25) is 5.82 Å². The van der Waals surface area contributed by atoms with Crippen molar-refractivity contribution in [2.24, 2.45) is 0 Å². The number of nitrogens with zero attached hydrogens (tertiary/aromatic N) is 2. The van der Waals surface area contributed by atoms with E-state index in [1.807, 2.05) is 19.1 Å². The molecule has 0 atom stereocenters. The van der Waals surface area contributed by atoms with Crippen LogP contribution in [-0.4, -0.2) is 9.91 Å². The molecule has 0 aliphatic rings. The second kappa shape index (κ2) is 5.43. The van der Waals surface area contributed by atoms with E-state index in [0.29, 0.717) is 12.2 Å². The summed E-state index contributed by atoms with van der Waals surface area (Å²) in [6.45, 7) is 2.37. The Hall–Kier alpha value is -2.50. The van der Waals surface area contributed by atoms with E-state index < -0.39 is 16.4 Å². The summed E-state index contributed by atoms with van der Waals surface area (Å²) in [7, 11) is 0. The van der Waals surface area contributed by atoms with Crippen LogP contribution in [0, 0.1) is 22.9 Å². The van der Waals surface area contributed by atoms with Crippen LogP contribution in [0.5, 0.6) is 0 Å². The minimum Gasteiger partial charge on any atom is -0.379 e. The third kappa shape index (κ3) is 3.25. The number of pyridine rings is 1. The molecular formula is C13H12FN3O2. The zero-order valence-electron chi connectivity index (χ0n) is 10.3. The second-order valence-corrected chi connectivity index (χ2v) is 4.10. The van der Waals surface area contributed by atoms with Crippen molar-refractivity contribution in [3.8, 4) is 0 Å². The Kier molecular flexibility index (Phi) is 3.70. The van der Waals surface area contributed by atoms with Crippen LogP contribution in [0.3, 0.4) is 0 Å². The molecule has 0 spiro atoms. The van der Waals surface area contributed by atoms with Crippen LogP contribution in [0.1, 0.15) is 11.3 Å². The van der Waals surface area contributed by atoms with E-state index in [4.69, 9.17) is 0 Å². The highest BCUT2D eigenvalue weighted by molar-refractivity contribution is 5.49. The molecule has 0 saturated carbocycles. The fraction of sp³-hybridized carbons (Fsp3) is 0.154. The van der Waals surface area contributed by atoms with Gasteiger partial charge in [-0.05, 0) is 24.6 Å². The van der Waals surface area contributed by atoms with Crippen LogP contribution in [-0.2, 0) is 6.54 Å². The van der Waals surface area contributed by atoms with Gasteiger partial charge in [-0.15, -0.1) is 0 Å². The molecule has 0 aliphatic heterocycles. The number of benzene rings is 1. The average molecular weight is 261 g/mol. The molecule has 2 aromatic rings. The van der Waals surface area contributed by atoms with Crippen molar-refractivity contribution in [2.75, 3.05) is 5.32 Å². The van der Waals surface area contributed by atoms with E-state index in [1.165, 1.54) is 6.07 Å². The largest absolute Gasteiger partial charge is 0.379 e. The first-order chi connectivity index (χ1) is 9.06. The second-order valence-electron chi connectivity index (χ2n) is 4.10. The van der Waals surface area contributed by atoms with Crippen molar-refractivity contribution in [1.29, 1.82) is 0 Å². The number of aromatic nitrogens is 1. The van der Waals surface area contributed by atoms with Gasteiger partial charge in [0.05, 0.1) is 17.2 Å². The molecule has 0 unspecified atom stereocenters. The van der Waals surface area contributed by atoms with E-state index in [0.717, 1.165) is 23.4 Å². The van der Waals surface area contributed by atoms with Gasteiger partial charge in [0, 0.05) is 24.0 Å². The molecule has 1 aromatic carbocycles. The van der Waals surface area contributed by atoms with Gasteiger partial charge in [-0.3, -0.25) is 15.1 Å². The molecule has 1 N–H and O–H groups in total. The molecule has 0 radical (unpaired) electrons. The van der Waals surface area contributed by atoms with Gasteiger partial charge in [-0.1, -0.05) is 6.07 Å². The van der Waals surface area contributed by atoms with Gasteiger partial charge in [0.15, 0.2) is 0 Å². The maximum absolute atomic E-state index is 13.4. The molecule has 0 bridgehead atoms. The highest BCUT2D eigenvalue weighted by Gasteiger charge is 2.13. The van der Waals surface area contributed by atoms with E-state index in [1.54, 1.807) is 6.20 Å². The first kappa shape index (κ1) is 12.9. The molecule has 1 heterocycles. The minimum absolute atomic E-state index is 0.428. The fourth-order valence-electron chi connectivity index (χ4n) is 1.56. The molecular weight excluding hydrogens is 249 g/mol. The molecule has 0 fully saturated rings. The summed E-state index contributed by atoms with van der Waals surface area (Å²) in [4.78, 5) is 13.9. The zero-order valence-corrected chi connectivity index (χ0v) is 10.3. The Bertz CT molecular complexity index is 599. The lowest BCUT2D eigenvalue weighted by atomic mass is 10.2. The molecule has 1 aromatic heterocycles. The van der Waals surface area contributed by atoms with E-state index in [2.05, 4.69) is 10.3 Å². The van der Waals surface area contributed by atoms with Crippen molar-refractivity contribution < 1.29 is 9.31 Å². The summed E-state index contributed by atoms with van der Waals surface area (Å²) in [5.74, 6) is -0.855. The number of nitro benzene ring substituents is 1. The SMILES string of the molecule is Cc1ccc(CNc2ccc([N+](=O)[O-])c(F)c2)nc1. The average Bonchev–Trinajstić information content (AvgIpc) is 2.37. The number of anilines is 1. The van der Waals surface area contributed by atoms with Crippen LogP contribution in [0.2, 0.25) is 0 Å². The molecule has 2 rings (SSSR count). The number of nitrogens with one attached hydrogen (secondary N) is 1. The highest BCUT2D eigenvalue weighted by Crippen LogP contribution is 2.21. The zero-order chi connectivity index (χ0) is 13.8. The number of hydrogen-bond donors (Lipinski definition) is 1. The molecule has 6 heteroatoms. The third-order valence-corrected chi connectivity index (χ3v) is 2.59.